The van der Waals surface area contributed by atoms with E-state index in [1.807, 2.05) is 0 Å². The number of para-hydroxylation sites is 1. The summed E-state index contributed by atoms with van der Waals surface area (Å²) in [5, 5.41) is 3.61. The third-order valence-corrected chi connectivity index (χ3v) is 5.00. The summed E-state index contributed by atoms with van der Waals surface area (Å²) in [6, 6.07) is 11.3. The lowest BCUT2D eigenvalue weighted by Crippen LogP contribution is -2.26. The number of aryl methyl sites for hydroxylation is 1. The van der Waals surface area contributed by atoms with Gasteiger partial charge in [0.1, 0.15) is 18.0 Å². The zero-order chi connectivity index (χ0) is 15.5. The van der Waals surface area contributed by atoms with Crippen molar-refractivity contribution in [3.05, 3.63) is 42.2 Å². The fourth-order valence-corrected chi connectivity index (χ4v) is 3.80. The molecule has 23 heavy (non-hydrogen) atoms. The number of rotatable bonds is 3. The first-order chi connectivity index (χ1) is 11.4. The van der Waals surface area contributed by atoms with E-state index in [4.69, 9.17) is 0 Å². The molecule has 0 unspecified atom stereocenters. The zero-order valence-corrected chi connectivity index (χ0v) is 13.5. The van der Waals surface area contributed by atoms with E-state index in [-0.39, 0.29) is 0 Å². The van der Waals surface area contributed by atoms with Gasteiger partial charge in [-0.15, -0.1) is 0 Å². The van der Waals surface area contributed by atoms with Crippen molar-refractivity contribution in [1.29, 1.82) is 0 Å². The SMILES string of the molecule is c1ccc2c(c1)CCCN2c1cc(NC2CCCCC2)ncn1. The van der Waals surface area contributed by atoms with Crippen LogP contribution in [0.15, 0.2) is 36.7 Å². The minimum Gasteiger partial charge on any atom is -0.367 e. The molecule has 1 aromatic carbocycles. The van der Waals surface area contributed by atoms with E-state index in [9.17, 15) is 0 Å². The normalized spacial score (nSPS) is 18.5. The summed E-state index contributed by atoms with van der Waals surface area (Å²) >= 11 is 0. The quantitative estimate of drug-likeness (QED) is 0.917. The maximum Gasteiger partial charge on any atom is 0.138 e. The number of hydrogen-bond acceptors (Lipinski definition) is 4. The van der Waals surface area contributed by atoms with Crippen LogP contribution >= 0.6 is 0 Å². The Bertz CT molecular complexity index is 664. The van der Waals surface area contributed by atoms with Crippen LogP contribution in [0.1, 0.15) is 44.1 Å². The average Bonchev–Trinajstić information content (AvgIpc) is 2.62. The number of anilines is 3. The van der Waals surface area contributed by atoms with Crippen molar-refractivity contribution in [1.82, 2.24) is 9.97 Å². The van der Waals surface area contributed by atoms with E-state index in [2.05, 4.69) is 50.5 Å². The molecular weight excluding hydrogens is 284 g/mol. The Morgan fingerprint density at radius 3 is 2.78 bits per heavy atom. The molecule has 1 aliphatic heterocycles. The summed E-state index contributed by atoms with van der Waals surface area (Å²) in [6.07, 6.45) is 10.6. The molecule has 2 heterocycles. The lowest BCUT2D eigenvalue weighted by molar-refractivity contribution is 0.462. The van der Waals surface area contributed by atoms with Crippen LogP contribution in [-0.4, -0.2) is 22.6 Å². The van der Waals surface area contributed by atoms with E-state index in [0.717, 1.165) is 24.6 Å². The van der Waals surface area contributed by atoms with Gasteiger partial charge in [-0.2, -0.15) is 0 Å². The summed E-state index contributed by atoms with van der Waals surface area (Å²) in [7, 11) is 0. The molecule has 0 radical (unpaired) electrons. The summed E-state index contributed by atoms with van der Waals surface area (Å²) in [5.41, 5.74) is 2.71. The topological polar surface area (TPSA) is 41.0 Å². The van der Waals surface area contributed by atoms with Gasteiger partial charge >= 0.3 is 0 Å². The van der Waals surface area contributed by atoms with Crippen molar-refractivity contribution in [2.24, 2.45) is 0 Å². The molecule has 0 amide bonds. The largest absolute Gasteiger partial charge is 0.367 e. The lowest BCUT2D eigenvalue weighted by atomic mass is 9.95. The highest BCUT2D eigenvalue weighted by Gasteiger charge is 2.20. The van der Waals surface area contributed by atoms with Gasteiger partial charge in [0.15, 0.2) is 0 Å². The van der Waals surface area contributed by atoms with Gasteiger partial charge in [-0.05, 0) is 37.3 Å². The summed E-state index contributed by atoms with van der Waals surface area (Å²) in [5.74, 6) is 1.97. The maximum atomic E-state index is 4.53. The molecular formula is C19H24N4. The van der Waals surface area contributed by atoms with Crippen LogP contribution in [0.3, 0.4) is 0 Å². The number of nitrogens with one attached hydrogen (secondary N) is 1. The van der Waals surface area contributed by atoms with Gasteiger partial charge in [-0.25, -0.2) is 9.97 Å². The van der Waals surface area contributed by atoms with Crippen LogP contribution in [0.25, 0.3) is 0 Å². The van der Waals surface area contributed by atoms with E-state index < -0.39 is 0 Å². The van der Waals surface area contributed by atoms with Crippen LogP contribution in [0.5, 0.6) is 0 Å². The molecule has 1 saturated carbocycles. The number of hydrogen-bond donors (Lipinski definition) is 1. The highest BCUT2D eigenvalue weighted by Crippen LogP contribution is 2.32. The van der Waals surface area contributed by atoms with Crippen molar-refractivity contribution in [3.63, 3.8) is 0 Å². The van der Waals surface area contributed by atoms with Crippen molar-refractivity contribution in [2.75, 3.05) is 16.8 Å². The second-order valence-electron chi connectivity index (χ2n) is 6.62. The van der Waals surface area contributed by atoms with Gasteiger partial charge < -0.3 is 10.2 Å². The minimum absolute atomic E-state index is 0.570. The molecule has 120 valence electrons. The zero-order valence-electron chi connectivity index (χ0n) is 13.5. The molecule has 1 N–H and O–H groups in total. The minimum atomic E-state index is 0.570. The molecule has 0 saturated heterocycles. The molecule has 2 aliphatic rings. The third kappa shape index (κ3) is 3.16. The molecule has 1 fully saturated rings. The lowest BCUT2D eigenvalue weighted by Gasteiger charge is -2.30. The predicted molar refractivity (Wildman–Crippen MR) is 94.3 cm³/mol. The Morgan fingerprint density at radius 2 is 1.87 bits per heavy atom. The first-order valence-electron chi connectivity index (χ1n) is 8.84. The maximum absolute atomic E-state index is 4.53. The van der Waals surface area contributed by atoms with Gasteiger partial charge in [0.2, 0.25) is 0 Å². The Morgan fingerprint density at radius 1 is 1.00 bits per heavy atom. The van der Waals surface area contributed by atoms with E-state index in [1.54, 1.807) is 6.33 Å². The van der Waals surface area contributed by atoms with Crippen LogP contribution in [-0.2, 0) is 6.42 Å². The fourth-order valence-electron chi connectivity index (χ4n) is 3.80. The average molecular weight is 308 g/mol. The Labute approximate surface area is 138 Å². The summed E-state index contributed by atoms with van der Waals surface area (Å²) < 4.78 is 0. The van der Waals surface area contributed by atoms with E-state index >= 15 is 0 Å². The van der Waals surface area contributed by atoms with Gasteiger partial charge in [0, 0.05) is 24.3 Å². The number of aromatic nitrogens is 2. The highest BCUT2D eigenvalue weighted by atomic mass is 15.2. The Hall–Kier alpha value is -2.10. The van der Waals surface area contributed by atoms with Crippen LogP contribution in [0.4, 0.5) is 17.3 Å². The molecule has 4 rings (SSSR count). The molecule has 1 aromatic heterocycles. The van der Waals surface area contributed by atoms with Gasteiger partial charge in [-0.3, -0.25) is 0 Å². The highest BCUT2D eigenvalue weighted by molar-refractivity contribution is 5.66. The van der Waals surface area contributed by atoms with Crippen molar-refractivity contribution < 1.29 is 0 Å². The van der Waals surface area contributed by atoms with Gasteiger partial charge in [0.05, 0.1) is 0 Å². The second kappa shape index (κ2) is 6.57. The first kappa shape index (κ1) is 14.5. The van der Waals surface area contributed by atoms with Crippen LogP contribution in [0, 0.1) is 0 Å². The smallest absolute Gasteiger partial charge is 0.138 e. The van der Waals surface area contributed by atoms with E-state index in [1.165, 1.54) is 49.8 Å². The Kier molecular flexibility index (Phi) is 4.14. The molecule has 4 nitrogen and oxygen atoms in total. The van der Waals surface area contributed by atoms with E-state index in [0.29, 0.717) is 6.04 Å². The van der Waals surface area contributed by atoms with Gasteiger partial charge in [-0.1, -0.05) is 37.5 Å². The monoisotopic (exact) mass is 308 g/mol. The molecule has 0 bridgehead atoms. The van der Waals surface area contributed by atoms with Crippen LogP contribution in [0.2, 0.25) is 0 Å². The molecule has 4 heteroatoms. The molecule has 1 aliphatic carbocycles. The summed E-state index contributed by atoms with van der Waals surface area (Å²) in [4.78, 5) is 11.3. The van der Waals surface area contributed by atoms with Crippen LogP contribution < -0.4 is 10.2 Å². The molecule has 0 atom stereocenters. The fraction of sp³-hybridized carbons (Fsp3) is 0.474. The van der Waals surface area contributed by atoms with Gasteiger partial charge in [0.25, 0.3) is 0 Å². The third-order valence-electron chi connectivity index (χ3n) is 5.00. The standard InChI is InChI=1S/C19H24N4/c1-2-9-16(10-3-1)22-18-13-19(21-14-20-18)23-12-6-8-15-7-4-5-11-17(15)23/h4-5,7,11,13-14,16H,1-3,6,8-10,12H2,(H,20,21,22). The van der Waals surface area contributed by atoms with Crippen molar-refractivity contribution in [2.45, 2.75) is 51.0 Å². The Balaban J connectivity index is 1.57. The van der Waals surface area contributed by atoms with Crippen molar-refractivity contribution in [3.8, 4) is 0 Å². The number of nitrogens with zero attached hydrogens (tertiary/aromatic N) is 3. The predicted octanol–water partition coefficient (Wildman–Crippen LogP) is 4.31. The summed E-state index contributed by atoms with van der Waals surface area (Å²) in [6.45, 7) is 1.02. The van der Waals surface area contributed by atoms with Crippen molar-refractivity contribution >= 4 is 17.3 Å². The second-order valence-corrected chi connectivity index (χ2v) is 6.62. The first-order valence-corrected chi connectivity index (χ1v) is 8.84. The number of benzene rings is 1. The molecule has 2 aromatic rings. The molecule has 0 spiro atoms. The number of fused-ring (bicyclic) bond motifs is 1.